The smallest absolute Gasteiger partial charge is 0.161 e. The van der Waals surface area contributed by atoms with Crippen molar-refractivity contribution in [2.75, 3.05) is 59.0 Å². The average Bonchev–Trinajstić information content (AvgIpc) is 3.12. The van der Waals surface area contributed by atoms with Gasteiger partial charge in [0.1, 0.15) is 6.61 Å². The Bertz CT molecular complexity index is 475. The average molecular weight is 356 g/mol. The summed E-state index contributed by atoms with van der Waals surface area (Å²) >= 11 is 0. The van der Waals surface area contributed by atoms with E-state index in [2.05, 4.69) is 15.1 Å². The molecule has 2 saturated heterocycles. The molecule has 0 bridgehead atoms. The largest absolute Gasteiger partial charge is 0.490 e. The number of hydrogen-bond donors (Lipinski definition) is 1. The van der Waals surface area contributed by atoms with Crippen LogP contribution in [-0.2, 0) is 0 Å². The first-order valence-corrected chi connectivity index (χ1v) is 8.88. The van der Waals surface area contributed by atoms with Crippen molar-refractivity contribution in [2.45, 2.75) is 19.4 Å². The monoisotopic (exact) mass is 355 g/mol. The number of nitrogens with zero attached hydrogens (tertiary/aromatic N) is 2. The lowest BCUT2D eigenvalue weighted by Crippen LogP contribution is -2.51. The summed E-state index contributed by atoms with van der Waals surface area (Å²) < 4.78 is 11.5. The number of nitrogens with one attached hydrogen (secondary N) is 1. The van der Waals surface area contributed by atoms with Crippen molar-refractivity contribution in [1.82, 2.24) is 15.1 Å². The summed E-state index contributed by atoms with van der Waals surface area (Å²) in [5, 5.41) is 3.46. The molecule has 1 unspecified atom stereocenters. The molecule has 0 amide bonds. The van der Waals surface area contributed by atoms with E-state index in [0.717, 1.165) is 50.3 Å². The van der Waals surface area contributed by atoms with Crippen molar-refractivity contribution >= 4 is 12.4 Å². The summed E-state index contributed by atoms with van der Waals surface area (Å²) in [6, 6.07) is 8.68. The van der Waals surface area contributed by atoms with Crippen molar-refractivity contribution < 1.29 is 9.47 Å². The maximum absolute atomic E-state index is 5.93. The first-order chi connectivity index (χ1) is 11.4. The zero-order valence-corrected chi connectivity index (χ0v) is 15.4. The molecule has 2 heterocycles. The lowest BCUT2D eigenvalue weighted by Gasteiger charge is -2.37. The third-order valence-corrected chi connectivity index (χ3v) is 4.77. The second-order valence-corrected chi connectivity index (χ2v) is 6.25. The summed E-state index contributed by atoms with van der Waals surface area (Å²) in [7, 11) is 0. The van der Waals surface area contributed by atoms with Crippen LogP contribution in [0.4, 0.5) is 0 Å². The van der Waals surface area contributed by atoms with Crippen LogP contribution in [0.15, 0.2) is 24.3 Å². The Kier molecular flexibility index (Phi) is 8.12. The molecule has 0 saturated carbocycles. The van der Waals surface area contributed by atoms with E-state index in [-0.39, 0.29) is 12.4 Å². The van der Waals surface area contributed by atoms with Gasteiger partial charge in [-0.15, -0.1) is 12.4 Å². The minimum absolute atomic E-state index is 0. The zero-order chi connectivity index (χ0) is 15.9. The van der Waals surface area contributed by atoms with Crippen molar-refractivity contribution in [3.8, 4) is 11.5 Å². The van der Waals surface area contributed by atoms with Crippen LogP contribution < -0.4 is 14.8 Å². The van der Waals surface area contributed by atoms with Crippen molar-refractivity contribution in [3.63, 3.8) is 0 Å². The quantitative estimate of drug-likeness (QED) is 0.808. The molecule has 0 spiro atoms. The van der Waals surface area contributed by atoms with Gasteiger partial charge in [-0.1, -0.05) is 12.1 Å². The fourth-order valence-corrected chi connectivity index (χ4v) is 3.43. The van der Waals surface area contributed by atoms with Crippen molar-refractivity contribution in [1.29, 1.82) is 0 Å². The Hall–Kier alpha value is -1.01. The molecule has 1 aromatic carbocycles. The summed E-state index contributed by atoms with van der Waals surface area (Å²) in [4.78, 5) is 5.14. The van der Waals surface area contributed by atoms with Gasteiger partial charge in [-0.2, -0.15) is 0 Å². The van der Waals surface area contributed by atoms with Crippen LogP contribution in [0.3, 0.4) is 0 Å². The molecule has 2 fully saturated rings. The molecular weight excluding hydrogens is 326 g/mol. The highest BCUT2D eigenvalue weighted by Gasteiger charge is 2.25. The van der Waals surface area contributed by atoms with E-state index in [1.54, 1.807) is 0 Å². The SMILES string of the molecule is CCOc1ccccc1OCCN1CCN(C2CCNC2)CC1.Cl. The van der Waals surface area contributed by atoms with E-state index in [0.29, 0.717) is 6.61 Å². The number of rotatable bonds is 7. The van der Waals surface area contributed by atoms with Crippen LogP contribution in [0.1, 0.15) is 13.3 Å². The predicted molar refractivity (Wildman–Crippen MR) is 99.6 cm³/mol. The molecule has 6 heteroatoms. The Labute approximate surface area is 151 Å². The van der Waals surface area contributed by atoms with Gasteiger partial charge in [0.2, 0.25) is 0 Å². The minimum Gasteiger partial charge on any atom is -0.490 e. The summed E-state index contributed by atoms with van der Waals surface area (Å²) in [6.45, 7) is 11.4. The fourth-order valence-electron chi connectivity index (χ4n) is 3.43. The van der Waals surface area contributed by atoms with Gasteiger partial charge < -0.3 is 14.8 Å². The summed E-state index contributed by atoms with van der Waals surface area (Å²) in [5.74, 6) is 1.69. The van der Waals surface area contributed by atoms with Crippen LogP contribution >= 0.6 is 12.4 Å². The highest BCUT2D eigenvalue weighted by atomic mass is 35.5. The van der Waals surface area contributed by atoms with Crippen LogP contribution in [0.5, 0.6) is 11.5 Å². The topological polar surface area (TPSA) is 37.0 Å². The molecule has 0 aliphatic carbocycles. The maximum Gasteiger partial charge on any atom is 0.161 e. The Morgan fingerprint density at radius 2 is 1.79 bits per heavy atom. The first-order valence-electron chi connectivity index (χ1n) is 8.88. The summed E-state index contributed by atoms with van der Waals surface area (Å²) in [5.41, 5.74) is 0. The standard InChI is InChI=1S/C18H29N3O2.ClH/c1-2-22-17-5-3-4-6-18(17)23-14-13-20-9-11-21(12-10-20)16-7-8-19-15-16;/h3-6,16,19H,2,7-15H2,1H3;1H. The van der Waals surface area contributed by atoms with Crippen molar-refractivity contribution in [2.24, 2.45) is 0 Å². The molecule has 2 aliphatic rings. The Balaban J connectivity index is 0.00000208. The predicted octanol–water partition coefficient (Wildman–Crippen LogP) is 1.87. The highest BCUT2D eigenvalue weighted by molar-refractivity contribution is 5.85. The van der Waals surface area contributed by atoms with E-state index in [1.807, 2.05) is 31.2 Å². The number of hydrogen-bond acceptors (Lipinski definition) is 5. The van der Waals surface area contributed by atoms with E-state index in [9.17, 15) is 0 Å². The number of para-hydroxylation sites is 2. The number of halogens is 1. The third-order valence-electron chi connectivity index (χ3n) is 4.77. The van der Waals surface area contributed by atoms with Gasteiger partial charge >= 0.3 is 0 Å². The van der Waals surface area contributed by atoms with Crippen LogP contribution in [0, 0.1) is 0 Å². The second-order valence-electron chi connectivity index (χ2n) is 6.25. The molecule has 5 nitrogen and oxygen atoms in total. The molecular formula is C18H30ClN3O2. The van der Waals surface area contributed by atoms with Gasteiger partial charge in [-0.3, -0.25) is 9.80 Å². The third kappa shape index (κ3) is 5.24. The molecule has 24 heavy (non-hydrogen) atoms. The molecule has 0 radical (unpaired) electrons. The van der Waals surface area contributed by atoms with Crippen molar-refractivity contribution in [3.05, 3.63) is 24.3 Å². The second kappa shape index (κ2) is 10.1. The van der Waals surface area contributed by atoms with Gasteiger partial charge in [0.05, 0.1) is 6.61 Å². The fraction of sp³-hybridized carbons (Fsp3) is 0.667. The van der Waals surface area contributed by atoms with Crippen LogP contribution in [-0.4, -0.2) is 74.9 Å². The molecule has 1 aromatic rings. The normalized spacial score (nSPS) is 22.1. The number of ether oxygens (including phenoxy) is 2. The van der Waals surface area contributed by atoms with E-state index in [1.165, 1.54) is 26.1 Å². The molecule has 1 N–H and O–H groups in total. The van der Waals surface area contributed by atoms with Crippen LogP contribution in [0.25, 0.3) is 0 Å². The first kappa shape index (κ1) is 19.3. The Morgan fingerprint density at radius 1 is 1.08 bits per heavy atom. The number of piperazine rings is 1. The lowest BCUT2D eigenvalue weighted by molar-refractivity contribution is 0.0916. The van der Waals surface area contributed by atoms with Gasteiger partial charge in [0.15, 0.2) is 11.5 Å². The maximum atomic E-state index is 5.93. The molecule has 2 aliphatic heterocycles. The van der Waals surface area contributed by atoms with E-state index in [4.69, 9.17) is 9.47 Å². The lowest BCUT2D eigenvalue weighted by atomic mass is 10.2. The molecule has 1 atom stereocenters. The van der Waals surface area contributed by atoms with E-state index < -0.39 is 0 Å². The zero-order valence-electron chi connectivity index (χ0n) is 14.6. The summed E-state index contributed by atoms with van der Waals surface area (Å²) in [6.07, 6.45) is 1.30. The van der Waals surface area contributed by atoms with Gasteiger partial charge in [0.25, 0.3) is 0 Å². The van der Waals surface area contributed by atoms with E-state index >= 15 is 0 Å². The van der Waals surface area contributed by atoms with Gasteiger partial charge in [-0.25, -0.2) is 0 Å². The van der Waals surface area contributed by atoms with Gasteiger partial charge in [0, 0.05) is 45.3 Å². The van der Waals surface area contributed by atoms with Gasteiger partial charge in [-0.05, 0) is 32.0 Å². The number of benzene rings is 1. The highest BCUT2D eigenvalue weighted by Crippen LogP contribution is 2.26. The Morgan fingerprint density at radius 3 is 2.42 bits per heavy atom. The molecule has 136 valence electrons. The van der Waals surface area contributed by atoms with Crippen LogP contribution in [0.2, 0.25) is 0 Å². The molecule has 0 aromatic heterocycles. The minimum atomic E-state index is 0. The molecule has 3 rings (SSSR count).